The van der Waals surface area contributed by atoms with Gasteiger partial charge < -0.3 is 5.32 Å². The number of nitrogens with zero attached hydrogens (tertiary/aromatic N) is 1. The van der Waals surface area contributed by atoms with Crippen LogP contribution in [0.4, 0.5) is 5.69 Å². The van der Waals surface area contributed by atoms with Crippen LogP contribution in [-0.2, 0) is 11.2 Å². The largest absolute Gasteiger partial charge is 0.325 e. The minimum atomic E-state index is -0.114. The predicted octanol–water partition coefficient (Wildman–Crippen LogP) is 3.68. The van der Waals surface area contributed by atoms with Gasteiger partial charge in [-0.3, -0.25) is 9.78 Å². The van der Waals surface area contributed by atoms with Crippen molar-refractivity contribution in [3.8, 4) is 0 Å². The molecule has 0 aliphatic heterocycles. The lowest BCUT2D eigenvalue weighted by Gasteiger charge is -2.07. The quantitative estimate of drug-likeness (QED) is 0.935. The molecule has 0 bridgehead atoms. The van der Waals surface area contributed by atoms with Crippen LogP contribution in [-0.4, -0.2) is 10.9 Å². The Labute approximate surface area is 118 Å². The zero-order valence-corrected chi connectivity index (χ0v) is 11.7. The van der Waals surface area contributed by atoms with E-state index in [0.29, 0.717) is 10.7 Å². The summed E-state index contributed by atoms with van der Waals surface area (Å²) in [6, 6.07) is 10.7. The van der Waals surface area contributed by atoms with Crippen molar-refractivity contribution >= 4 is 39.1 Å². The molecule has 0 fully saturated rings. The highest BCUT2D eigenvalue weighted by Crippen LogP contribution is 2.25. The summed E-state index contributed by atoms with van der Waals surface area (Å²) >= 11 is 9.18. The molecule has 1 amide bonds. The van der Waals surface area contributed by atoms with Gasteiger partial charge in [-0.2, -0.15) is 0 Å². The van der Waals surface area contributed by atoms with Gasteiger partial charge in [0.2, 0.25) is 5.91 Å². The average molecular weight is 326 g/mol. The number of anilines is 1. The Kier molecular flexibility index (Phi) is 4.33. The van der Waals surface area contributed by atoms with Crippen molar-refractivity contribution in [1.82, 2.24) is 4.98 Å². The fraction of sp³-hybridized carbons (Fsp3) is 0.0769. The molecule has 0 saturated carbocycles. The lowest BCUT2D eigenvalue weighted by atomic mass is 10.2. The van der Waals surface area contributed by atoms with Crippen LogP contribution >= 0.6 is 27.5 Å². The number of aromatic nitrogens is 1. The number of pyridine rings is 1. The van der Waals surface area contributed by atoms with Crippen molar-refractivity contribution in [2.45, 2.75) is 6.42 Å². The number of halogens is 2. The average Bonchev–Trinajstić information content (AvgIpc) is 2.34. The maximum Gasteiger partial charge on any atom is 0.230 e. The molecule has 1 aromatic heterocycles. The van der Waals surface area contributed by atoms with E-state index in [4.69, 9.17) is 11.6 Å². The number of nitrogens with one attached hydrogen (secondary N) is 1. The number of hydrogen-bond acceptors (Lipinski definition) is 2. The topological polar surface area (TPSA) is 42.0 Å². The molecule has 1 heterocycles. The Morgan fingerprint density at radius 1 is 1.33 bits per heavy atom. The van der Waals surface area contributed by atoms with Crippen LogP contribution in [0, 0.1) is 0 Å². The molecule has 2 rings (SSSR count). The van der Waals surface area contributed by atoms with Crippen LogP contribution in [0.15, 0.2) is 47.1 Å². The molecule has 0 spiro atoms. The van der Waals surface area contributed by atoms with Crippen LogP contribution in [0.3, 0.4) is 0 Å². The summed E-state index contributed by atoms with van der Waals surface area (Å²) in [6.07, 6.45) is 1.91. The summed E-state index contributed by atoms with van der Waals surface area (Å²) in [5, 5.41) is 3.42. The third-order valence-corrected chi connectivity index (χ3v) is 3.16. The molecule has 5 heteroatoms. The first kappa shape index (κ1) is 13.1. The van der Waals surface area contributed by atoms with Crippen molar-refractivity contribution < 1.29 is 4.79 Å². The summed E-state index contributed by atoms with van der Waals surface area (Å²) < 4.78 is 0.754. The molecule has 3 nitrogen and oxygen atoms in total. The molecule has 1 aromatic carbocycles. The molecule has 18 heavy (non-hydrogen) atoms. The van der Waals surface area contributed by atoms with Crippen LogP contribution in [0.2, 0.25) is 5.02 Å². The van der Waals surface area contributed by atoms with Crippen molar-refractivity contribution in [3.63, 3.8) is 0 Å². The summed E-state index contributed by atoms with van der Waals surface area (Å²) in [5.74, 6) is -0.114. The van der Waals surface area contributed by atoms with E-state index in [-0.39, 0.29) is 12.3 Å². The maximum atomic E-state index is 11.8. The van der Waals surface area contributed by atoms with E-state index in [1.165, 1.54) is 0 Å². The second kappa shape index (κ2) is 5.98. The van der Waals surface area contributed by atoms with Gasteiger partial charge in [0, 0.05) is 21.4 Å². The SMILES string of the molecule is O=C(Cc1ccccn1)Nc1ccc(Cl)cc1Br. The second-order valence-electron chi connectivity index (χ2n) is 3.67. The van der Waals surface area contributed by atoms with Crippen LogP contribution < -0.4 is 5.32 Å². The lowest BCUT2D eigenvalue weighted by Crippen LogP contribution is -2.15. The Bertz CT molecular complexity index is 560. The minimum absolute atomic E-state index is 0.114. The number of benzene rings is 1. The summed E-state index contributed by atoms with van der Waals surface area (Å²) in [7, 11) is 0. The molecule has 0 aliphatic carbocycles. The third-order valence-electron chi connectivity index (χ3n) is 2.27. The number of carbonyl (C=O) groups excluding carboxylic acids is 1. The van der Waals surface area contributed by atoms with Crippen molar-refractivity contribution in [1.29, 1.82) is 0 Å². The van der Waals surface area contributed by atoms with Gasteiger partial charge in [-0.1, -0.05) is 17.7 Å². The van der Waals surface area contributed by atoms with Crippen molar-refractivity contribution in [2.75, 3.05) is 5.32 Å². The summed E-state index contributed by atoms with van der Waals surface area (Å²) in [6.45, 7) is 0. The van der Waals surface area contributed by atoms with E-state index in [9.17, 15) is 4.79 Å². The molecule has 1 N–H and O–H groups in total. The molecule has 92 valence electrons. The second-order valence-corrected chi connectivity index (χ2v) is 4.96. The number of carbonyl (C=O) groups is 1. The highest BCUT2D eigenvalue weighted by molar-refractivity contribution is 9.10. The van der Waals surface area contributed by atoms with Gasteiger partial charge in [0.05, 0.1) is 12.1 Å². The van der Waals surface area contributed by atoms with E-state index in [0.717, 1.165) is 10.2 Å². The molecule has 0 atom stereocenters. The fourth-order valence-corrected chi connectivity index (χ4v) is 2.23. The monoisotopic (exact) mass is 324 g/mol. The number of amides is 1. The zero-order chi connectivity index (χ0) is 13.0. The fourth-order valence-electron chi connectivity index (χ4n) is 1.45. The van der Waals surface area contributed by atoms with Crippen LogP contribution in [0.5, 0.6) is 0 Å². The smallest absolute Gasteiger partial charge is 0.230 e. The van der Waals surface area contributed by atoms with Crippen molar-refractivity contribution in [3.05, 3.63) is 57.8 Å². The minimum Gasteiger partial charge on any atom is -0.325 e. The Morgan fingerprint density at radius 3 is 2.83 bits per heavy atom. The molecule has 0 aliphatic rings. The first-order chi connectivity index (χ1) is 8.65. The van der Waals surface area contributed by atoms with Crippen LogP contribution in [0.25, 0.3) is 0 Å². The lowest BCUT2D eigenvalue weighted by molar-refractivity contribution is -0.115. The van der Waals surface area contributed by atoms with Gasteiger partial charge in [-0.15, -0.1) is 0 Å². The highest BCUT2D eigenvalue weighted by atomic mass is 79.9. The molecule has 0 saturated heterocycles. The third kappa shape index (κ3) is 3.55. The molecule has 2 aromatic rings. The Hall–Kier alpha value is -1.39. The highest BCUT2D eigenvalue weighted by Gasteiger charge is 2.07. The van der Waals surface area contributed by atoms with E-state index < -0.39 is 0 Å². The molecular formula is C13H10BrClN2O. The van der Waals surface area contributed by atoms with Crippen LogP contribution in [0.1, 0.15) is 5.69 Å². The van der Waals surface area contributed by atoms with Gasteiger partial charge in [-0.05, 0) is 46.3 Å². The summed E-state index contributed by atoms with van der Waals surface area (Å²) in [5.41, 5.74) is 1.43. The maximum absolute atomic E-state index is 11.8. The van der Waals surface area contributed by atoms with Gasteiger partial charge in [0.25, 0.3) is 0 Å². The Balaban J connectivity index is 2.03. The Morgan fingerprint density at radius 2 is 2.17 bits per heavy atom. The van der Waals surface area contributed by atoms with Crippen molar-refractivity contribution in [2.24, 2.45) is 0 Å². The normalized spacial score (nSPS) is 10.1. The van der Waals surface area contributed by atoms with E-state index in [2.05, 4.69) is 26.2 Å². The first-order valence-electron chi connectivity index (χ1n) is 5.30. The number of hydrogen-bond donors (Lipinski definition) is 1. The van der Waals surface area contributed by atoms with Gasteiger partial charge in [-0.25, -0.2) is 0 Å². The molecule has 0 radical (unpaired) electrons. The first-order valence-corrected chi connectivity index (χ1v) is 6.47. The molecular weight excluding hydrogens is 316 g/mol. The predicted molar refractivity (Wildman–Crippen MR) is 75.7 cm³/mol. The zero-order valence-electron chi connectivity index (χ0n) is 9.36. The summed E-state index contributed by atoms with van der Waals surface area (Å²) in [4.78, 5) is 15.9. The number of rotatable bonds is 3. The van der Waals surface area contributed by atoms with E-state index in [1.807, 2.05) is 18.2 Å². The van der Waals surface area contributed by atoms with E-state index >= 15 is 0 Å². The van der Waals surface area contributed by atoms with Gasteiger partial charge in [0.15, 0.2) is 0 Å². The molecule has 0 unspecified atom stereocenters. The van der Waals surface area contributed by atoms with Gasteiger partial charge >= 0.3 is 0 Å². The van der Waals surface area contributed by atoms with Gasteiger partial charge in [0.1, 0.15) is 0 Å². The standard InChI is InChI=1S/C13H10BrClN2O/c14-11-7-9(15)4-5-12(11)17-13(18)8-10-3-1-2-6-16-10/h1-7H,8H2,(H,17,18). The van der Waals surface area contributed by atoms with E-state index in [1.54, 1.807) is 24.4 Å².